The zero-order valence-corrected chi connectivity index (χ0v) is 8.23. The maximum absolute atomic E-state index is 11.9. The van der Waals surface area contributed by atoms with E-state index in [9.17, 15) is 13.6 Å². The Morgan fingerprint density at radius 1 is 1.38 bits per heavy atom. The lowest BCUT2D eigenvalue weighted by Crippen LogP contribution is -2.05. The number of carbonyl (C=O) groups is 1. The average Bonchev–Trinajstić information content (AvgIpc) is 2.16. The van der Waals surface area contributed by atoms with E-state index in [2.05, 4.69) is 4.74 Å². The molecule has 0 unspecified atom stereocenters. The molecule has 6 heteroatoms. The van der Waals surface area contributed by atoms with Gasteiger partial charge in [-0.05, 0) is 12.1 Å². The summed E-state index contributed by atoms with van der Waals surface area (Å²) >= 11 is 0. The van der Waals surface area contributed by atoms with Crippen molar-refractivity contribution in [2.24, 2.45) is 0 Å². The molecule has 0 aliphatic carbocycles. The van der Waals surface area contributed by atoms with Crippen molar-refractivity contribution >= 4 is 5.97 Å². The summed E-state index contributed by atoms with van der Waals surface area (Å²) in [5, 5.41) is 8.36. The summed E-state index contributed by atoms with van der Waals surface area (Å²) in [7, 11) is 0. The number of carboxylic acid groups (broad SMARTS) is 1. The Balaban J connectivity index is 2.50. The van der Waals surface area contributed by atoms with Crippen LogP contribution in [-0.2, 0) is 4.79 Å². The predicted molar refractivity (Wildman–Crippen MR) is 50.8 cm³/mol. The van der Waals surface area contributed by atoms with Crippen molar-refractivity contribution < 1.29 is 28.2 Å². The lowest BCUT2D eigenvalue weighted by atomic mass is 10.3. The number of alkyl halides is 2. The van der Waals surface area contributed by atoms with Crippen molar-refractivity contribution in [2.45, 2.75) is 13.0 Å². The molecule has 0 spiro atoms. The second-order valence-corrected chi connectivity index (χ2v) is 2.85. The van der Waals surface area contributed by atoms with E-state index >= 15 is 0 Å². The molecule has 0 fully saturated rings. The van der Waals surface area contributed by atoms with Gasteiger partial charge in [-0.1, -0.05) is 6.07 Å². The zero-order valence-electron chi connectivity index (χ0n) is 8.23. The number of ether oxygens (including phenoxy) is 2. The molecule has 16 heavy (non-hydrogen) atoms. The van der Waals surface area contributed by atoms with Crippen LogP contribution >= 0.6 is 0 Å². The van der Waals surface area contributed by atoms with Crippen molar-refractivity contribution in [3.63, 3.8) is 0 Å². The molecule has 4 nitrogen and oxygen atoms in total. The lowest BCUT2D eigenvalue weighted by molar-refractivity contribution is -0.137. The highest BCUT2D eigenvalue weighted by Gasteiger charge is 2.05. The summed E-state index contributed by atoms with van der Waals surface area (Å²) in [6.07, 6.45) is -0.153. The summed E-state index contributed by atoms with van der Waals surface area (Å²) in [6.45, 7) is -2.91. The highest BCUT2D eigenvalue weighted by atomic mass is 19.3. The third kappa shape index (κ3) is 4.59. The number of halogens is 2. The van der Waals surface area contributed by atoms with E-state index in [1.54, 1.807) is 0 Å². The van der Waals surface area contributed by atoms with E-state index < -0.39 is 12.6 Å². The second-order valence-electron chi connectivity index (χ2n) is 2.85. The fourth-order valence-corrected chi connectivity index (χ4v) is 0.996. The van der Waals surface area contributed by atoms with Gasteiger partial charge in [0.15, 0.2) is 0 Å². The Morgan fingerprint density at radius 3 is 2.69 bits per heavy atom. The maximum Gasteiger partial charge on any atom is 0.387 e. The van der Waals surface area contributed by atoms with Gasteiger partial charge in [0.25, 0.3) is 0 Å². The molecule has 0 atom stereocenters. The molecular weight excluding hydrogens is 222 g/mol. The van der Waals surface area contributed by atoms with E-state index in [0.717, 1.165) is 0 Å². The van der Waals surface area contributed by atoms with Crippen molar-refractivity contribution in [3.05, 3.63) is 24.3 Å². The van der Waals surface area contributed by atoms with Crippen LogP contribution in [0.2, 0.25) is 0 Å². The molecule has 0 heterocycles. The summed E-state index contributed by atoms with van der Waals surface area (Å²) in [6, 6.07) is 5.64. The Kier molecular flexibility index (Phi) is 4.50. The van der Waals surface area contributed by atoms with Gasteiger partial charge in [-0.2, -0.15) is 8.78 Å². The summed E-state index contributed by atoms with van der Waals surface area (Å²) in [4.78, 5) is 10.2. The number of hydrogen-bond acceptors (Lipinski definition) is 3. The van der Waals surface area contributed by atoms with Crippen LogP contribution in [0.1, 0.15) is 6.42 Å². The minimum absolute atomic E-state index is 0.0204. The fourth-order valence-electron chi connectivity index (χ4n) is 0.996. The summed E-state index contributed by atoms with van der Waals surface area (Å²) in [5.74, 6) is -0.720. The summed E-state index contributed by atoms with van der Waals surface area (Å²) < 4.78 is 32.9. The summed E-state index contributed by atoms with van der Waals surface area (Å²) in [5.41, 5.74) is 0. The van der Waals surface area contributed by atoms with Gasteiger partial charge in [-0.25, -0.2) is 0 Å². The molecule has 1 aromatic carbocycles. The number of aliphatic carboxylic acids is 1. The molecule has 0 aliphatic heterocycles. The molecule has 0 aliphatic rings. The quantitative estimate of drug-likeness (QED) is 0.816. The Morgan fingerprint density at radius 2 is 2.06 bits per heavy atom. The van der Waals surface area contributed by atoms with Crippen LogP contribution in [0.3, 0.4) is 0 Å². The smallest absolute Gasteiger partial charge is 0.387 e. The SMILES string of the molecule is O=C(O)CCOc1cccc(OC(F)F)c1. The highest BCUT2D eigenvalue weighted by Crippen LogP contribution is 2.21. The molecule has 0 bridgehead atoms. The third-order valence-corrected chi connectivity index (χ3v) is 1.62. The second kappa shape index (κ2) is 5.89. The van der Waals surface area contributed by atoms with Crippen molar-refractivity contribution in [1.29, 1.82) is 0 Å². The average molecular weight is 232 g/mol. The minimum atomic E-state index is -2.89. The van der Waals surface area contributed by atoms with Gasteiger partial charge >= 0.3 is 12.6 Å². The molecule has 0 amide bonds. The third-order valence-electron chi connectivity index (χ3n) is 1.62. The van der Waals surface area contributed by atoms with Gasteiger partial charge in [-0.3, -0.25) is 4.79 Å². The molecule has 0 aromatic heterocycles. The predicted octanol–water partition coefficient (Wildman–Crippen LogP) is 2.14. The first-order valence-corrected chi connectivity index (χ1v) is 4.47. The van der Waals surface area contributed by atoms with Gasteiger partial charge in [0, 0.05) is 6.07 Å². The zero-order chi connectivity index (χ0) is 12.0. The minimum Gasteiger partial charge on any atom is -0.493 e. The Bertz CT molecular complexity index is 354. The van der Waals surface area contributed by atoms with Crippen LogP contribution in [0, 0.1) is 0 Å². The highest BCUT2D eigenvalue weighted by molar-refractivity contribution is 5.66. The molecule has 1 rings (SSSR count). The topological polar surface area (TPSA) is 55.8 Å². The van der Waals surface area contributed by atoms with Crippen LogP contribution in [0.5, 0.6) is 11.5 Å². The molecule has 1 aromatic rings. The standard InChI is InChI=1S/C10H10F2O4/c11-10(12)16-8-3-1-2-7(6-8)15-5-4-9(13)14/h1-3,6,10H,4-5H2,(H,13,14). The van der Waals surface area contributed by atoms with Crippen molar-refractivity contribution in [2.75, 3.05) is 6.61 Å². The molecule has 88 valence electrons. The van der Waals surface area contributed by atoms with Gasteiger partial charge in [-0.15, -0.1) is 0 Å². The number of carboxylic acids is 1. The number of rotatable bonds is 6. The maximum atomic E-state index is 11.9. The first-order valence-electron chi connectivity index (χ1n) is 4.47. The fraction of sp³-hybridized carbons (Fsp3) is 0.300. The van der Waals surface area contributed by atoms with Crippen LogP contribution < -0.4 is 9.47 Å². The van der Waals surface area contributed by atoms with Crippen molar-refractivity contribution in [1.82, 2.24) is 0 Å². The van der Waals surface area contributed by atoms with Crippen LogP contribution in [-0.4, -0.2) is 24.3 Å². The van der Waals surface area contributed by atoms with Crippen LogP contribution in [0.4, 0.5) is 8.78 Å². The van der Waals surface area contributed by atoms with E-state index in [0.29, 0.717) is 5.75 Å². The van der Waals surface area contributed by atoms with E-state index in [1.165, 1.54) is 24.3 Å². The van der Waals surface area contributed by atoms with Gasteiger partial charge in [0.1, 0.15) is 11.5 Å². The van der Waals surface area contributed by atoms with Gasteiger partial charge in [0.05, 0.1) is 13.0 Å². The molecule has 0 radical (unpaired) electrons. The van der Waals surface area contributed by atoms with Crippen LogP contribution in [0.15, 0.2) is 24.3 Å². The van der Waals surface area contributed by atoms with Gasteiger partial charge in [0.2, 0.25) is 0 Å². The van der Waals surface area contributed by atoms with Crippen molar-refractivity contribution in [3.8, 4) is 11.5 Å². The van der Waals surface area contributed by atoms with Crippen LogP contribution in [0.25, 0.3) is 0 Å². The number of benzene rings is 1. The Hall–Kier alpha value is -1.85. The van der Waals surface area contributed by atoms with E-state index in [1.807, 2.05) is 0 Å². The molecular formula is C10H10F2O4. The van der Waals surface area contributed by atoms with E-state index in [-0.39, 0.29) is 18.8 Å². The molecule has 0 saturated carbocycles. The number of hydrogen-bond donors (Lipinski definition) is 1. The first kappa shape index (κ1) is 12.2. The first-order chi connectivity index (χ1) is 7.58. The normalized spacial score (nSPS) is 10.2. The monoisotopic (exact) mass is 232 g/mol. The Labute approximate surface area is 90.4 Å². The lowest BCUT2D eigenvalue weighted by Gasteiger charge is -2.07. The van der Waals surface area contributed by atoms with E-state index in [4.69, 9.17) is 9.84 Å². The van der Waals surface area contributed by atoms with Gasteiger partial charge < -0.3 is 14.6 Å². The molecule has 0 saturated heterocycles. The largest absolute Gasteiger partial charge is 0.493 e. The molecule has 1 N–H and O–H groups in total.